The third-order valence-electron chi connectivity index (χ3n) is 4.00. The van der Waals surface area contributed by atoms with Gasteiger partial charge in [-0.3, -0.25) is 4.79 Å². The first kappa shape index (κ1) is 15.8. The van der Waals surface area contributed by atoms with Crippen molar-refractivity contribution in [3.63, 3.8) is 0 Å². The third kappa shape index (κ3) is 5.09. The Balaban J connectivity index is 2.50. The molecule has 0 heterocycles. The van der Waals surface area contributed by atoms with Gasteiger partial charge in [-0.05, 0) is 12.8 Å². The lowest BCUT2D eigenvalue weighted by Crippen LogP contribution is -2.39. The van der Waals surface area contributed by atoms with Gasteiger partial charge >= 0.3 is 0 Å². The minimum atomic E-state index is -0.118. The molecule has 19 heavy (non-hydrogen) atoms. The Labute approximate surface area is 115 Å². The molecule has 0 bridgehead atoms. The molecule has 1 unspecified atom stereocenters. The van der Waals surface area contributed by atoms with E-state index in [1.54, 1.807) is 4.90 Å². The van der Waals surface area contributed by atoms with E-state index < -0.39 is 0 Å². The number of oxime groups is 1. The Hall–Kier alpha value is -1.26. The molecule has 0 spiro atoms. The molecule has 1 aliphatic rings. The van der Waals surface area contributed by atoms with Crippen LogP contribution in [0.3, 0.4) is 0 Å². The Kier molecular flexibility index (Phi) is 6.67. The summed E-state index contributed by atoms with van der Waals surface area (Å²) in [5, 5.41) is 11.6. The van der Waals surface area contributed by atoms with Crippen molar-refractivity contribution in [2.45, 2.75) is 51.9 Å². The number of amidine groups is 1. The predicted molar refractivity (Wildman–Crippen MR) is 76.0 cm³/mol. The van der Waals surface area contributed by atoms with Crippen LogP contribution in [-0.4, -0.2) is 35.4 Å². The van der Waals surface area contributed by atoms with Gasteiger partial charge in [0.05, 0.1) is 0 Å². The molecule has 3 N–H and O–H groups in total. The van der Waals surface area contributed by atoms with Crippen molar-refractivity contribution in [1.82, 2.24) is 4.90 Å². The summed E-state index contributed by atoms with van der Waals surface area (Å²) in [4.78, 5) is 14.1. The zero-order chi connectivity index (χ0) is 14.3. The molecule has 0 aliphatic heterocycles. The molecule has 1 aliphatic carbocycles. The lowest BCUT2D eigenvalue weighted by Gasteiger charge is -2.27. The monoisotopic (exact) mass is 269 g/mol. The van der Waals surface area contributed by atoms with Crippen molar-refractivity contribution in [1.29, 1.82) is 0 Å². The van der Waals surface area contributed by atoms with E-state index in [-0.39, 0.29) is 23.6 Å². The van der Waals surface area contributed by atoms with E-state index in [2.05, 4.69) is 5.16 Å². The molecule has 1 rings (SSSR count). The molecule has 0 saturated heterocycles. The van der Waals surface area contributed by atoms with E-state index in [9.17, 15) is 4.79 Å². The predicted octanol–water partition coefficient (Wildman–Crippen LogP) is 2.19. The standard InChI is InChI=1S/C14H27N3O2/c1-11(13(15)16-19)10-17(2)14(18)12-8-6-4-3-5-7-9-12/h11-12,19H,3-10H2,1-2H3,(H2,15,16). The van der Waals surface area contributed by atoms with Gasteiger partial charge in [0, 0.05) is 25.4 Å². The maximum atomic E-state index is 12.4. The highest BCUT2D eigenvalue weighted by Crippen LogP contribution is 2.23. The second-order valence-corrected chi connectivity index (χ2v) is 5.69. The molecule has 0 aromatic carbocycles. The summed E-state index contributed by atoms with van der Waals surface area (Å²) in [6, 6.07) is 0. The molecule has 0 aromatic heterocycles. The lowest BCUT2D eigenvalue weighted by atomic mass is 9.90. The van der Waals surface area contributed by atoms with E-state index in [0.717, 1.165) is 25.7 Å². The minimum Gasteiger partial charge on any atom is -0.409 e. The van der Waals surface area contributed by atoms with Gasteiger partial charge in [-0.25, -0.2) is 0 Å². The molecule has 5 heteroatoms. The van der Waals surface area contributed by atoms with Crippen molar-refractivity contribution in [3.05, 3.63) is 0 Å². The van der Waals surface area contributed by atoms with Gasteiger partial charge in [0.25, 0.3) is 0 Å². The van der Waals surface area contributed by atoms with Crippen LogP contribution in [0.5, 0.6) is 0 Å². The number of hydrogen-bond acceptors (Lipinski definition) is 3. The number of amides is 1. The van der Waals surface area contributed by atoms with Crippen LogP contribution in [0, 0.1) is 11.8 Å². The first-order valence-corrected chi connectivity index (χ1v) is 7.28. The molecule has 1 fully saturated rings. The van der Waals surface area contributed by atoms with Gasteiger partial charge in [-0.2, -0.15) is 0 Å². The van der Waals surface area contributed by atoms with Crippen LogP contribution >= 0.6 is 0 Å². The third-order valence-corrected chi connectivity index (χ3v) is 4.00. The average Bonchev–Trinajstić information content (AvgIpc) is 2.36. The molecule has 0 aromatic rings. The summed E-state index contributed by atoms with van der Waals surface area (Å²) in [5.74, 6) is 0.425. The maximum Gasteiger partial charge on any atom is 0.225 e. The molecular weight excluding hydrogens is 242 g/mol. The Morgan fingerprint density at radius 3 is 2.37 bits per heavy atom. The molecule has 1 atom stereocenters. The van der Waals surface area contributed by atoms with E-state index in [4.69, 9.17) is 10.9 Å². The lowest BCUT2D eigenvalue weighted by molar-refractivity contribution is -0.135. The van der Waals surface area contributed by atoms with E-state index >= 15 is 0 Å². The number of carbonyl (C=O) groups excluding carboxylic acids is 1. The fraction of sp³-hybridized carbons (Fsp3) is 0.857. The van der Waals surface area contributed by atoms with Gasteiger partial charge in [-0.15, -0.1) is 0 Å². The van der Waals surface area contributed by atoms with Gasteiger partial charge in [0.1, 0.15) is 5.84 Å². The summed E-state index contributed by atoms with van der Waals surface area (Å²) < 4.78 is 0. The van der Waals surface area contributed by atoms with Crippen LogP contribution in [0.2, 0.25) is 0 Å². The quantitative estimate of drug-likeness (QED) is 0.355. The molecule has 1 saturated carbocycles. The Morgan fingerprint density at radius 2 is 1.84 bits per heavy atom. The molecule has 5 nitrogen and oxygen atoms in total. The number of nitrogens with two attached hydrogens (primary N) is 1. The summed E-state index contributed by atoms with van der Waals surface area (Å²) in [6.45, 7) is 2.36. The highest BCUT2D eigenvalue weighted by atomic mass is 16.4. The van der Waals surface area contributed by atoms with Crippen molar-refractivity contribution in [2.75, 3.05) is 13.6 Å². The van der Waals surface area contributed by atoms with Crippen LogP contribution in [0.4, 0.5) is 0 Å². The second-order valence-electron chi connectivity index (χ2n) is 5.69. The maximum absolute atomic E-state index is 12.4. The van der Waals surface area contributed by atoms with Crippen LogP contribution in [-0.2, 0) is 4.79 Å². The van der Waals surface area contributed by atoms with Crippen LogP contribution in [0.25, 0.3) is 0 Å². The van der Waals surface area contributed by atoms with E-state index in [0.29, 0.717) is 6.54 Å². The Bertz CT molecular complexity index is 310. The van der Waals surface area contributed by atoms with Crippen LogP contribution in [0.15, 0.2) is 5.16 Å². The van der Waals surface area contributed by atoms with E-state index in [1.807, 2.05) is 14.0 Å². The van der Waals surface area contributed by atoms with Gasteiger partial charge in [0.2, 0.25) is 5.91 Å². The fourth-order valence-electron chi connectivity index (χ4n) is 2.71. The van der Waals surface area contributed by atoms with E-state index in [1.165, 1.54) is 19.3 Å². The molecule has 0 radical (unpaired) electrons. The number of rotatable bonds is 4. The molecule has 1 amide bonds. The number of nitrogens with zero attached hydrogens (tertiary/aromatic N) is 2. The number of hydrogen-bond donors (Lipinski definition) is 2. The first-order chi connectivity index (χ1) is 9.06. The van der Waals surface area contributed by atoms with Gasteiger partial charge < -0.3 is 15.8 Å². The normalized spacial score (nSPS) is 20.4. The highest BCUT2D eigenvalue weighted by Gasteiger charge is 2.24. The molecule has 110 valence electrons. The van der Waals surface area contributed by atoms with Crippen LogP contribution in [0.1, 0.15) is 51.9 Å². The highest BCUT2D eigenvalue weighted by molar-refractivity contribution is 5.83. The largest absolute Gasteiger partial charge is 0.409 e. The fourth-order valence-corrected chi connectivity index (χ4v) is 2.71. The van der Waals surface area contributed by atoms with Gasteiger partial charge in [0.15, 0.2) is 0 Å². The summed E-state index contributed by atoms with van der Waals surface area (Å²) in [6.07, 6.45) is 8.10. The van der Waals surface area contributed by atoms with Crippen molar-refractivity contribution >= 4 is 11.7 Å². The zero-order valence-electron chi connectivity index (χ0n) is 12.1. The Morgan fingerprint density at radius 1 is 1.32 bits per heavy atom. The summed E-state index contributed by atoms with van der Waals surface area (Å²) in [7, 11) is 1.81. The van der Waals surface area contributed by atoms with Crippen molar-refractivity contribution in [2.24, 2.45) is 22.7 Å². The second kappa shape index (κ2) is 8.02. The smallest absolute Gasteiger partial charge is 0.225 e. The first-order valence-electron chi connectivity index (χ1n) is 7.28. The average molecular weight is 269 g/mol. The van der Waals surface area contributed by atoms with Crippen molar-refractivity contribution < 1.29 is 10.0 Å². The SMILES string of the molecule is CC(CN(C)C(=O)C1CCCCCCC1)C(N)=NO. The summed E-state index contributed by atoms with van der Waals surface area (Å²) in [5.41, 5.74) is 5.55. The van der Waals surface area contributed by atoms with Crippen molar-refractivity contribution in [3.8, 4) is 0 Å². The molecular formula is C14H27N3O2. The minimum absolute atomic E-state index is 0.118. The topological polar surface area (TPSA) is 78.9 Å². The zero-order valence-corrected chi connectivity index (χ0v) is 12.1. The van der Waals surface area contributed by atoms with Gasteiger partial charge in [-0.1, -0.05) is 44.2 Å². The number of carbonyl (C=O) groups is 1. The summed E-state index contributed by atoms with van der Waals surface area (Å²) >= 11 is 0. The van der Waals surface area contributed by atoms with Crippen LogP contribution < -0.4 is 5.73 Å².